The number of carbonyl (C=O) groups is 2. The van der Waals surface area contributed by atoms with Gasteiger partial charge in [-0.3, -0.25) is 4.79 Å². The Kier molecular flexibility index (Phi) is 6.78. The lowest BCUT2D eigenvalue weighted by Crippen LogP contribution is -2.27. The smallest absolute Gasteiger partial charge is 0.337 e. The molecular formula is C18H18ClNO4. The minimum absolute atomic E-state index is 0.224. The van der Waals surface area contributed by atoms with E-state index in [2.05, 4.69) is 10.1 Å². The van der Waals surface area contributed by atoms with Crippen molar-refractivity contribution in [2.24, 2.45) is 0 Å². The highest BCUT2D eigenvalue weighted by atomic mass is 35.5. The third-order valence-electron chi connectivity index (χ3n) is 3.26. The summed E-state index contributed by atoms with van der Waals surface area (Å²) < 4.78 is 10.1. The molecule has 0 aliphatic rings. The zero-order chi connectivity index (χ0) is 17.4. The summed E-state index contributed by atoms with van der Waals surface area (Å²) in [6.07, 6.45) is 0. The van der Waals surface area contributed by atoms with Crippen LogP contribution in [0.3, 0.4) is 0 Å². The van der Waals surface area contributed by atoms with Gasteiger partial charge in [0, 0.05) is 17.1 Å². The third-order valence-corrected chi connectivity index (χ3v) is 3.49. The zero-order valence-electron chi connectivity index (χ0n) is 13.3. The van der Waals surface area contributed by atoms with Crippen molar-refractivity contribution in [2.75, 3.05) is 20.3 Å². The molecule has 0 unspecified atom stereocenters. The Labute approximate surface area is 145 Å². The Balaban J connectivity index is 1.72. The lowest BCUT2D eigenvalue weighted by Gasteiger charge is -2.07. The molecule has 2 aromatic carbocycles. The summed E-state index contributed by atoms with van der Waals surface area (Å²) in [6.45, 7) is 1.21. The number of hydrogen-bond acceptors (Lipinski definition) is 4. The second-order valence-corrected chi connectivity index (χ2v) is 5.44. The van der Waals surface area contributed by atoms with Gasteiger partial charge in [-0.1, -0.05) is 23.7 Å². The van der Waals surface area contributed by atoms with E-state index in [0.29, 0.717) is 35.9 Å². The normalized spacial score (nSPS) is 10.2. The van der Waals surface area contributed by atoms with E-state index in [1.807, 2.05) is 18.2 Å². The summed E-state index contributed by atoms with van der Waals surface area (Å²) >= 11 is 5.89. The molecule has 0 saturated carbocycles. The van der Waals surface area contributed by atoms with Crippen LogP contribution in [0.2, 0.25) is 5.02 Å². The Hall–Kier alpha value is -2.37. The Morgan fingerprint density at radius 3 is 2.46 bits per heavy atom. The Morgan fingerprint density at radius 2 is 1.79 bits per heavy atom. The highest BCUT2D eigenvalue weighted by molar-refractivity contribution is 6.30. The van der Waals surface area contributed by atoms with E-state index in [1.54, 1.807) is 30.3 Å². The molecule has 0 aliphatic heterocycles. The fourth-order valence-electron chi connectivity index (χ4n) is 2.03. The SMILES string of the molecule is COC(=O)c1ccc(C(=O)NCCOCc2cccc(Cl)c2)cc1. The summed E-state index contributed by atoms with van der Waals surface area (Å²) in [5.41, 5.74) is 1.85. The molecule has 0 spiro atoms. The van der Waals surface area contributed by atoms with Crippen molar-refractivity contribution in [3.8, 4) is 0 Å². The average molecular weight is 348 g/mol. The van der Waals surface area contributed by atoms with Crippen LogP contribution in [0.15, 0.2) is 48.5 Å². The molecule has 0 aliphatic carbocycles. The lowest BCUT2D eigenvalue weighted by atomic mass is 10.1. The molecule has 0 heterocycles. The molecule has 0 fully saturated rings. The molecule has 6 heteroatoms. The number of rotatable bonds is 7. The van der Waals surface area contributed by atoms with Crippen molar-refractivity contribution in [1.82, 2.24) is 5.32 Å². The van der Waals surface area contributed by atoms with Gasteiger partial charge in [0.2, 0.25) is 0 Å². The summed E-state index contributed by atoms with van der Waals surface area (Å²) in [6, 6.07) is 13.7. The Morgan fingerprint density at radius 1 is 1.08 bits per heavy atom. The molecular weight excluding hydrogens is 330 g/mol. The predicted octanol–water partition coefficient (Wildman–Crippen LogP) is 3.07. The molecule has 0 radical (unpaired) electrons. The van der Waals surface area contributed by atoms with Gasteiger partial charge in [-0.25, -0.2) is 4.79 Å². The summed E-state index contributed by atoms with van der Waals surface area (Å²) in [5.74, 6) is -0.658. The number of hydrogen-bond donors (Lipinski definition) is 1. The number of benzene rings is 2. The van der Waals surface area contributed by atoms with Gasteiger partial charge in [-0.05, 0) is 42.0 Å². The number of carbonyl (C=O) groups excluding carboxylic acids is 2. The molecule has 0 atom stereocenters. The van der Waals surface area contributed by atoms with E-state index in [1.165, 1.54) is 7.11 Å². The van der Waals surface area contributed by atoms with Crippen LogP contribution in [0.25, 0.3) is 0 Å². The first-order valence-corrected chi connectivity index (χ1v) is 7.76. The molecule has 5 nitrogen and oxygen atoms in total. The first kappa shape index (κ1) is 18.0. The maximum Gasteiger partial charge on any atom is 0.337 e. The monoisotopic (exact) mass is 347 g/mol. The van der Waals surface area contributed by atoms with Gasteiger partial charge >= 0.3 is 5.97 Å². The van der Waals surface area contributed by atoms with Gasteiger partial charge in [-0.2, -0.15) is 0 Å². The molecule has 24 heavy (non-hydrogen) atoms. The van der Waals surface area contributed by atoms with E-state index in [0.717, 1.165) is 5.56 Å². The maximum atomic E-state index is 12.0. The molecule has 126 valence electrons. The zero-order valence-corrected chi connectivity index (χ0v) is 14.0. The number of ether oxygens (including phenoxy) is 2. The average Bonchev–Trinajstić information content (AvgIpc) is 2.61. The van der Waals surface area contributed by atoms with Gasteiger partial charge in [0.25, 0.3) is 5.91 Å². The highest BCUT2D eigenvalue weighted by Crippen LogP contribution is 2.11. The first-order valence-electron chi connectivity index (χ1n) is 7.39. The van der Waals surface area contributed by atoms with Gasteiger partial charge in [0.05, 0.1) is 25.9 Å². The lowest BCUT2D eigenvalue weighted by molar-refractivity contribution is 0.0600. The third kappa shape index (κ3) is 5.37. The van der Waals surface area contributed by atoms with Crippen LogP contribution in [-0.2, 0) is 16.1 Å². The quantitative estimate of drug-likeness (QED) is 0.617. The van der Waals surface area contributed by atoms with Crippen LogP contribution >= 0.6 is 11.6 Å². The second kappa shape index (κ2) is 9.05. The van der Waals surface area contributed by atoms with Crippen molar-refractivity contribution < 1.29 is 19.1 Å². The number of amides is 1. The number of halogens is 1. The molecule has 0 aromatic heterocycles. The van der Waals surface area contributed by atoms with Crippen LogP contribution < -0.4 is 5.32 Å². The molecule has 0 saturated heterocycles. The predicted molar refractivity (Wildman–Crippen MR) is 91.2 cm³/mol. The van der Waals surface area contributed by atoms with Crippen molar-refractivity contribution in [3.63, 3.8) is 0 Å². The van der Waals surface area contributed by atoms with Crippen molar-refractivity contribution in [2.45, 2.75) is 6.61 Å². The fourth-order valence-corrected chi connectivity index (χ4v) is 2.24. The summed E-state index contributed by atoms with van der Waals surface area (Å²) in [7, 11) is 1.31. The van der Waals surface area contributed by atoms with Crippen LogP contribution in [0.5, 0.6) is 0 Å². The molecule has 1 amide bonds. The van der Waals surface area contributed by atoms with Gasteiger partial charge < -0.3 is 14.8 Å². The molecule has 1 N–H and O–H groups in total. The van der Waals surface area contributed by atoms with Crippen molar-refractivity contribution in [3.05, 3.63) is 70.2 Å². The van der Waals surface area contributed by atoms with E-state index >= 15 is 0 Å². The molecule has 2 rings (SSSR count). The summed E-state index contributed by atoms with van der Waals surface area (Å²) in [4.78, 5) is 23.3. The van der Waals surface area contributed by atoms with E-state index in [9.17, 15) is 9.59 Å². The number of nitrogens with one attached hydrogen (secondary N) is 1. The van der Waals surface area contributed by atoms with Crippen LogP contribution in [0, 0.1) is 0 Å². The van der Waals surface area contributed by atoms with Gasteiger partial charge in [-0.15, -0.1) is 0 Å². The minimum Gasteiger partial charge on any atom is -0.465 e. The van der Waals surface area contributed by atoms with E-state index < -0.39 is 5.97 Å². The van der Waals surface area contributed by atoms with E-state index in [4.69, 9.17) is 16.3 Å². The van der Waals surface area contributed by atoms with E-state index in [-0.39, 0.29) is 5.91 Å². The topological polar surface area (TPSA) is 64.6 Å². The van der Waals surface area contributed by atoms with Gasteiger partial charge in [0.1, 0.15) is 0 Å². The minimum atomic E-state index is -0.434. The Bertz CT molecular complexity index is 700. The summed E-state index contributed by atoms with van der Waals surface area (Å²) in [5, 5.41) is 3.42. The second-order valence-electron chi connectivity index (χ2n) is 5.01. The van der Waals surface area contributed by atoms with Crippen LogP contribution in [0.4, 0.5) is 0 Å². The first-order chi connectivity index (χ1) is 11.6. The van der Waals surface area contributed by atoms with Crippen molar-refractivity contribution in [1.29, 1.82) is 0 Å². The fraction of sp³-hybridized carbons (Fsp3) is 0.222. The van der Waals surface area contributed by atoms with Gasteiger partial charge in [0.15, 0.2) is 0 Å². The van der Waals surface area contributed by atoms with Crippen LogP contribution in [-0.4, -0.2) is 32.1 Å². The standard InChI is InChI=1S/C18H18ClNO4/c1-23-18(22)15-7-5-14(6-8-15)17(21)20-9-10-24-12-13-3-2-4-16(19)11-13/h2-8,11H,9-10,12H2,1H3,(H,20,21). The maximum absolute atomic E-state index is 12.0. The van der Waals surface area contributed by atoms with Crippen molar-refractivity contribution >= 4 is 23.5 Å². The highest BCUT2D eigenvalue weighted by Gasteiger charge is 2.08. The molecule has 0 bridgehead atoms. The largest absolute Gasteiger partial charge is 0.465 e. The number of methoxy groups -OCH3 is 1. The molecule has 2 aromatic rings. The van der Waals surface area contributed by atoms with Crippen LogP contribution in [0.1, 0.15) is 26.3 Å². The number of esters is 1.